The fourth-order valence-electron chi connectivity index (χ4n) is 1.90. The lowest BCUT2D eigenvalue weighted by Gasteiger charge is -2.32. The number of rotatable bonds is 7. The zero-order valence-corrected chi connectivity index (χ0v) is 12.2. The number of methoxy groups -OCH3 is 1. The lowest BCUT2D eigenvalue weighted by Crippen LogP contribution is -2.40. The highest BCUT2D eigenvalue weighted by Crippen LogP contribution is 2.25. The molecule has 1 aromatic heterocycles. The topological polar surface area (TPSA) is 84.2 Å². The van der Waals surface area contributed by atoms with Crippen molar-refractivity contribution in [3.8, 4) is 5.75 Å². The molecule has 0 aliphatic rings. The molecule has 0 unspecified atom stereocenters. The van der Waals surface area contributed by atoms with E-state index in [1.54, 1.807) is 0 Å². The lowest BCUT2D eigenvalue weighted by molar-refractivity contribution is 0.368. The van der Waals surface area contributed by atoms with Crippen LogP contribution in [0.4, 0.5) is 5.82 Å². The largest absolute Gasteiger partial charge is 0.489 e. The van der Waals surface area contributed by atoms with Gasteiger partial charge in [-0.15, -0.1) is 0 Å². The Labute approximate surface area is 114 Å². The first-order valence-electron chi connectivity index (χ1n) is 6.52. The number of nitrogens with one attached hydrogen (secondary N) is 1. The van der Waals surface area contributed by atoms with Crippen molar-refractivity contribution in [2.45, 2.75) is 27.2 Å². The van der Waals surface area contributed by atoms with E-state index in [4.69, 9.17) is 10.5 Å². The SMILES string of the molecule is CCCN(CC(C)(C)CN)c1nc[nH]c(=O)c1OC. The number of hydrogen-bond donors (Lipinski definition) is 2. The van der Waals surface area contributed by atoms with Crippen LogP contribution in [0.2, 0.25) is 0 Å². The summed E-state index contributed by atoms with van der Waals surface area (Å²) in [5.74, 6) is 0.832. The van der Waals surface area contributed by atoms with E-state index in [1.165, 1.54) is 13.4 Å². The van der Waals surface area contributed by atoms with E-state index in [-0.39, 0.29) is 16.7 Å². The average molecular weight is 268 g/mol. The van der Waals surface area contributed by atoms with Gasteiger partial charge < -0.3 is 20.4 Å². The molecule has 0 aliphatic carbocycles. The first-order valence-corrected chi connectivity index (χ1v) is 6.52. The van der Waals surface area contributed by atoms with Gasteiger partial charge in [-0.25, -0.2) is 4.98 Å². The monoisotopic (exact) mass is 268 g/mol. The molecule has 0 radical (unpaired) electrons. The molecule has 6 nitrogen and oxygen atoms in total. The minimum Gasteiger partial charge on any atom is -0.489 e. The van der Waals surface area contributed by atoms with Crippen molar-refractivity contribution in [3.63, 3.8) is 0 Å². The summed E-state index contributed by atoms with van der Waals surface area (Å²) in [6.45, 7) is 8.37. The lowest BCUT2D eigenvalue weighted by atomic mass is 9.93. The molecule has 0 saturated heterocycles. The summed E-state index contributed by atoms with van der Waals surface area (Å²) in [7, 11) is 1.48. The highest BCUT2D eigenvalue weighted by molar-refractivity contribution is 5.50. The van der Waals surface area contributed by atoms with Crippen molar-refractivity contribution in [2.75, 3.05) is 31.6 Å². The van der Waals surface area contributed by atoms with E-state index in [0.717, 1.165) is 19.5 Å². The van der Waals surface area contributed by atoms with Crippen molar-refractivity contribution in [1.82, 2.24) is 9.97 Å². The predicted molar refractivity (Wildman–Crippen MR) is 76.7 cm³/mol. The number of aromatic nitrogens is 2. The Hall–Kier alpha value is -1.56. The van der Waals surface area contributed by atoms with Gasteiger partial charge in [-0.1, -0.05) is 20.8 Å². The van der Waals surface area contributed by atoms with Gasteiger partial charge in [-0.3, -0.25) is 4.79 Å². The summed E-state index contributed by atoms with van der Waals surface area (Å²) in [4.78, 5) is 20.6. The molecule has 0 aromatic carbocycles. The molecule has 1 heterocycles. The molecular formula is C13H24N4O2. The van der Waals surface area contributed by atoms with Crippen molar-refractivity contribution < 1.29 is 4.74 Å². The molecule has 6 heteroatoms. The number of aromatic amines is 1. The van der Waals surface area contributed by atoms with Gasteiger partial charge in [-0.2, -0.15) is 0 Å². The van der Waals surface area contributed by atoms with Gasteiger partial charge >= 0.3 is 0 Å². The molecule has 0 bridgehead atoms. The fourth-order valence-corrected chi connectivity index (χ4v) is 1.90. The molecule has 0 saturated carbocycles. The second kappa shape index (κ2) is 6.56. The minimum atomic E-state index is -0.265. The standard InChI is InChI=1S/C13H24N4O2/c1-5-6-17(8-13(2,3)7-14)11-10(19-4)12(18)16-9-15-11/h9H,5-8,14H2,1-4H3,(H,15,16,18). The zero-order chi connectivity index (χ0) is 14.5. The Morgan fingerprint density at radius 2 is 2.21 bits per heavy atom. The van der Waals surface area contributed by atoms with Gasteiger partial charge in [0.1, 0.15) is 0 Å². The summed E-state index contributed by atoms with van der Waals surface area (Å²) in [5, 5.41) is 0. The van der Waals surface area contributed by atoms with Crippen LogP contribution in [0, 0.1) is 5.41 Å². The summed E-state index contributed by atoms with van der Waals surface area (Å²) >= 11 is 0. The van der Waals surface area contributed by atoms with Crippen LogP contribution in [-0.4, -0.2) is 36.7 Å². The van der Waals surface area contributed by atoms with Crippen LogP contribution in [0.15, 0.2) is 11.1 Å². The number of hydrogen-bond acceptors (Lipinski definition) is 5. The molecule has 1 aromatic rings. The van der Waals surface area contributed by atoms with Gasteiger partial charge in [0.2, 0.25) is 5.75 Å². The Morgan fingerprint density at radius 1 is 1.53 bits per heavy atom. The molecule has 0 fully saturated rings. The molecule has 1 rings (SSSR count). The van der Waals surface area contributed by atoms with Crippen LogP contribution < -0.4 is 20.9 Å². The van der Waals surface area contributed by atoms with Gasteiger partial charge in [-0.05, 0) is 18.4 Å². The van der Waals surface area contributed by atoms with Crippen molar-refractivity contribution >= 4 is 5.82 Å². The van der Waals surface area contributed by atoms with Crippen LogP contribution >= 0.6 is 0 Å². The van der Waals surface area contributed by atoms with E-state index >= 15 is 0 Å². The maximum absolute atomic E-state index is 11.7. The Morgan fingerprint density at radius 3 is 2.74 bits per heavy atom. The second-order valence-electron chi connectivity index (χ2n) is 5.38. The molecular weight excluding hydrogens is 244 g/mol. The van der Waals surface area contributed by atoms with E-state index < -0.39 is 0 Å². The van der Waals surface area contributed by atoms with Crippen LogP contribution in [0.3, 0.4) is 0 Å². The smallest absolute Gasteiger partial charge is 0.295 e. The van der Waals surface area contributed by atoms with Gasteiger partial charge in [0.25, 0.3) is 5.56 Å². The molecule has 0 atom stereocenters. The summed E-state index contributed by atoms with van der Waals surface area (Å²) < 4.78 is 5.17. The predicted octanol–water partition coefficient (Wildman–Crippen LogP) is 0.980. The van der Waals surface area contributed by atoms with Crippen LogP contribution in [0.1, 0.15) is 27.2 Å². The first-order chi connectivity index (χ1) is 8.95. The summed E-state index contributed by atoms with van der Waals surface area (Å²) in [5.41, 5.74) is 5.47. The maximum atomic E-state index is 11.7. The Kier molecular flexibility index (Phi) is 5.35. The third kappa shape index (κ3) is 3.96. The maximum Gasteiger partial charge on any atom is 0.295 e. The van der Waals surface area contributed by atoms with Gasteiger partial charge in [0.15, 0.2) is 5.82 Å². The third-order valence-electron chi connectivity index (χ3n) is 2.96. The number of ether oxygens (including phenoxy) is 1. The highest BCUT2D eigenvalue weighted by atomic mass is 16.5. The molecule has 19 heavy (non-hydrogen) atoms. The van der Waals surface area contributed by atoms with Crippen molar-refractivity contribution in [2.24, 2.45) is 11.1 Å². The van der Waals surface area contributed by atoms with Crippen LogP contribution in [-0.2, 0) is 0 Å². The van der Waals surface area contributed by atoms with E-state index in [9.17, 15) is 4.79 Å². The number of anilines is 1. The van der Waals surface area contributed by atoms with Gasteiger partial charge in [0.05, 0.1) is 13.4 Å². The fraction of sp³-hybridized carbons (Fsp3) is 0.692. The van der Waals surface area contributed by atoms with Crippen LogP contribution in [0.25, 0.3) is 0 Å². The van der Waals surface area contributed by atoms with Crippen LogP contribution in [0.5, 0.6) is 5.75 Å². The first kappa shape index (κ1) is 15.5. The van der Waals surface area contributed by atoms with Gasteiger partial charge in [0, 0.05) is 13.1 Å². The quantitative estimate of drug-likeness (QED) is 0.770. The highest BCUT2D eigenvalue weighted by Gasteiger charge is 2.23. The zero-order valence-electron chi connectivity index (χ0n) is 12.2. The number of H-pyrrole nitrogens is 1. The van der Waals surface area contributed by atoms with E-state index in [2.05, 4.69) is 35.6 Å². The number of nitrogens with zero attached hydrogens (tertiary/aromatic N) is 2. The molecule has 0 amide bonds. The Bertz CT molecular complexity index is 456. The molecule has 0 aliphatic heterocycles. The minimum absolute atomic E-state index is 0.0511. The van der Waals surface area contributed by atoms with Crippen molar-refractivity contribution in [1.29, 1.82) is 0 Å². The van der Waals surface area contributed by atoms with Crippen molar-refractivity contribution in [3.05, 3.63) is 16.7 Å². The summed E-state index contributed by atoms with van der Waals surface area (Å²) in [6, 6.07) is 0. The molecule has 0 spiro atoms. The third-order valence-corrected chi connectivity index (χ3v) is 2.96. The number of nitrogens with two attached hydrogens (primary N) is 1. The molecule has 3 N–H and O–H groups in total. The molecule has 108 valence electrons. The summed E-state index contributed by atoms with van der Waals surface area (Å²) in [6.07, 6.45) is 2.36. The average Bonchev–Trinajstić information content (AvgIpc) is 2.38. The second-order valence-corrected chi connectivity index (χ2v) is 5.38. The van der Waals surface area contributed by atoms with E-state index in [0.29, 0.717) is 12.4 Å². The Balaban J connectivity index is 3.12. The van der Waals surface area contributed by atoms with E-state index in [1.807, 2.05) is 0 Å². The normalized spacial score (nSPS) is 11.4.